The third-order valence-corrected chi connectivity index (χ3v) is 2.48. The highest BCUT2D eigenvalue weighted by Crippen LogP contribution is 2.21. The van der Waals surface area contributed by atoms with Crippen LogP contribution in [0.5, 0.6) is 0 Å². The summed E-state index contributed by atoms with van der Waals surface area (Å²) in [5, 5.41) is 10.3. The Labute approximate surface area is 84.7 Å². The first kappa shape index (κ1) is 10.2. The zero-order valence-electron chi connectivity index (χ0n) is 7.00. The molecule has 0 unspecified atom stereocenters. The third kappa shape index (κ3) is 2.82. The van der Waals surface area contributed by atoms with Crippen LogP contribution in [0.1, 0.15) is 18.0 Å². The van der Waals surface area contributed by atoms with Crippen LogP contribution in [-0.4, -0.2) is 5.97 Å². The first-order valence-corrected chi connectivity index (χ1v) is 4.68. The van der Waals surface area contributed by atoms with Crippen molar-refractivity contribution in [2.24, 2.45) is 0 Å². The molecule has 1 rings (SSSR count). The summed E-state index contributed by atoms with van der Waals surface area (Å²) in [6, 6.07) is 7.18. The highest BCUT2D eigenvalue weighted by Gasteiger charge is 2.12. The minimum Gasteiger partial charge on any atom is -0.550 e. The van der Waals surface area contributed by atoms with Crippen LogP contribution in [0.25, 0.3) is 0 Å². The predicted molar refractivity (Wildman–Crippen MR) is 49.4 cm³/mol. The maximum atomic E-state index is 10.3. The minimum absolute atomic E-state index is 0.0530. The molecule has 0 aliphatic rings. The molecule has 0 saturated carbocycles. The average molecular weight is 244 g/mol. The van der Waals surface area contributed by atoms with E-state index < -0.39 is 5.97 Å². The Bertz CT molecular complexity index is 314. The molecule has 0 amide bonds. The van der Waals surface area contributed by atoms with Crippen LogP contribution in [-0.2, 0) is 4.79 Å². The van der Waals surface area contributed by atoms with E-state index in [1.807, 2.05) is 24.3 Å². The van der Waals surface area contributed by atoms with Gasteiger partial charge in [0, 0.05) is 22.4 Å². The van der Waals surface area contributed by atoms with Gasteiger partial charge in [0.25, 0.3) is 0 Å². The number of hydrogen-bond acceptors (Lipinski definition) is 2. The lowest BCUT2D eigenvalue weighted by Crippen LogP contribution is -2.55. The van der Waals surface area contributed by atoms with Crippen molar-refractivity contribution in [3.05, 3.63) is 34.3 Å². The number of carbonyl (C=O) groups is 1. The number of aliphatic carboxylic acids is 1. The zero-order valence-corrected chi connectivity index (χ0v) is 8.58. The summed E-state index contributed by atoms with van der Waals surface area (Å²) in [4.78, 5) is 10.3. The second kappa shape index (κ2) is 4.39. The van der Waals surface area contributed by atoms with Crippen LogP contribution in [0, 0.1) is 0 Å². The lowest BCUT2D eigenvalue weighted by molar-refractivity contribution is -0.430. The molecule has 13 heavy (non-hydrogen) atoms. The molecule has 4 heteroatoms. The van der Waals surface area contributed by atoms with E-state index in [1.165, 1.54) is 0 Å². The Morgan fingerprint density at radius 3 is 2.69 bits per heavy atom. The number of quaternary nitrogens is 1. The quantitative estimate of drug-likeness (QED) is 0.804. The zero-order chi connectivity index (χ0) is 9.84. The van der Waals surface area contributed by atoms with E-state index in [1.54, 1.807) is 0 Å². The molecule has 0 aromatic heterocycles. The van der Waals surface area contributed by atoms with E-state index in [0.717, 1.165) is 10.0 Å². The van der Waals surface area contributed by atoms with Crippen molar-refractivity contribution < 1.29 is 15.6 Å². The molecule has 1 atom stereocenters. The summed E-state index contributed by atoms with van der Waals surface area (Å²) in [5.74, 6) is -1.07. The molecular formula is C9H10BrNO2. The molecule has 0 saturated heterocycles. The number of rotatable bonds is 3. The highest BCUT2D eigenvalue weighted by atomic mass is 79.9. The molecular weight excluding hydrogens is 234 g/mol. The third-order valence-electron chi connectivity index (χ3n) is 1.76. The van der Waals surface area contributed by atoms with E-state index in [2.05, 4.69) is 21.7 Å². The topological polar surface area (TPSA) is 67.8 Å². The molecule has 3 N–H and O–H groups in total. The van der Waals surface area contributed by atoms with Gasteiger partial charge in [0.15, 0.2) is 0 Å². The molecule has 0 aliphatic carbocycles. The molecule has 0 radical (unpaired) electrons. The number of carboxylic acids is 1. The molecule has 3 nitrogen and oxygen atoms in total. The summed E-state index contributed by atoms with van der Waals surface area (Å²) in [6.45, 7) is 0. The first-order valence-electron chi connectivity index (χ1n) is 3.88. The number of hydrogen-bond donors (Lipinski definition) is 1. The van der Waals surface area contributed by atoms with Crippen molar-refractivity contribution in [2.75, 3.05) is 0 Å². The van der Waals surface area contributed by atoms with Crippen LogP contribution < -0.4 is 10.8 Å². The normalized spacial score (nSPS) is 12.5. The Morgan fingerprint density at radius 1 is 1.54 bits per heavy atom. The average Bonchev–Trinajstić information content (AvgIpc) is 2.03. The second-order valence-corrected chi connectivity index (χ2v) is 3.65. The molecule has 0 aliphatic heterocycles. The Morgan fingerprint density at radius 2 is 2.15 bits per heavy atom. The van der Waals surface area contributed by atoms with E-state index in [9.17, 15) is 9.90 Å². The monoisotopic (exact) mass is 243 g/mol. The Balaban J connectivity index is 2.82. The summed E-state index contributed by atoms with van der Waals surface area (Å²) in [6.07, 6.45) is -0.0530. The van der Waals surface area contributed by atoms with Gasteiger partial charge in [-0.15, -0.1) is 0 Å². The van der Waals surface area contributed by atoms with Crippen LogP contribution in [0.3, 0.4) is 0 Å². The lowest BCUT2D eigenvalue weighted by atomic mass is 10.1. The maximum Gasteiger partial charge on any atom is 0.116 e. The number of halogens is 1. The fraction of sp³-hybridized carbons (Fsp3) is 0.222. The van der Waals surface area contributed by atoms with Crippen LogP contribution >= 0.6 is 15.9 Å². The van der Waals surface area contributed by atoms with E-state index in [4.69, 9.17) is 0 Å². The van der Waals surface area contributed by atoms with Gasteiger partial charge in [-0.05, 0) is 6.07 Å². The first-order chi connectivity index (χ1) is 6.11. The van der Waals surface area contributed by atoms with Crippen LogP contribution in [0.4, 0.5) is 0 Å². The second-order valence-electron chi connectivity index (χ2n) is 2.79. The van der Waals surface area contributed by atoms with Crippen molar-refractivity contribution in [1.29, 1.82) is 0 Å². The van der Waals surface area contributed by atoms with E-state index in [0.29, 0.717) is 0 Å². The molecule has 0 spiro atoms. The summed E-state index contributed by atoms with van der Waals surface area (Å²) >= 11 is 3.33. The van der Waals surface area contributed by atoms with Crippen molar-refractivity contribution in [3.63, 3.8) is 0 Å². The number of benzene rings is 1. The van der Waals surface area contributed by atoms with E-state index in [-0.39, 0.29) is 12.5 Å². The maximum absolute atomic E-state index is 10.3. The smallest absolute Gasteiger partial charge is 0.116 e. The number of carboxylic acid groups (broad SMARTS) is 1. The van der Waals surface area contributed by atoms with Gasteiger partial charge in [0.2, 0.25) is 0 Å². The molecule has 0 bridgehead atoms. The fourth-order valence-electron chi connectivity index (χ4n) is 1.12. The van der Waals surface area contributed by atoms with Crippen molar-refractivity contribution in [2.45, 2.75) is 12.5 Å². The minimum atomic E-state index is -1.07. The van der Waals surface area contributed by atoms with Crippen LogP contribution in [0.15, 0.2) is 28.7 Å². The molecule has 0 fully saturated rings. The van der Waals surface area contributed by atoms with Crippen molar-refractivity contribution in [1.82, 2.24) is 0 Å². The highest BCUT2D eigenvalue weighted by molar-refractivity contribution is 9.10. The van der Waals surface area contributed by atoms with Gasteiger partial charge in [-0.2, -0.15) is 0 Å². The standard InChI is InChI=1S/C9H10BrNO2/c10-7-4-2-1-3-6(7)8(11)5-9(12)13/h1-4,8H,5,11H2,(H,12,13)/t8-/m1/s1. The van der Waals surface area contributed by atoms with Gasteiger partial charge in [-0.1, -0.05) is 34.1 Å². The van der Waals surface area contributed by atoms with Gasteiger partial charge in [-0.3, -0.25) is 0 Å². The predicted octanol–water partition coefficient (Wildman–Crippen LogP) is -0.128. The molecule has 70 valence electrons. The van der Waals surface area contributed by atoms with Gasteiger partial charge < -0.3 is 15.6 Å². The molecule has 1 aromatic rings. The molecule has 0 heterocycles. The van der Waals surface area contributed by atoms with E-state index >= 15 is 0 Å². The lowest BCUT2D eigenvalue weighted by Gasteiger charge is -2.10. The van der Waals surface area contributed by atoms with Crippen molar-refractivity contribution in [3.8, 4) is 0 Å². The summed E-state index contributed by atoms with van der Waals surface area (Å²) < 4.78 is 0.885. The number of carbonyl (C=O) groups excluding carboxylic acids is 1. The van der Waals surface area contributed by atoms with Gasteiger partial charge in [0.05, 0.1) is 0 Å². The Kier molecular flexibility index (Phi) is 3.45. The summed E-state index contributed by atoms with van der Waals surface area (Å²) in [7, 11) is 0. The largest absolute Gasteiger partial charge is 0.550 e. The molecule has 1 aromatic carbocycles. The Hall–Kier alpha value is -0.870. The van der Waals surface area contributed by atoms with Crippen molar-refractivity contribution >= 4 is 21.9 Å². The fourth-order valence-corrected chi connectivity index (χ4v) is 1.73. The van der Waals surface area contributed by atoms with Gasteiger partial charge in [-0.25, -0.2) is 0 Å². The van der Waals surface area contributed by atoms with Gasteiger partial charge >= 0.3 is 0 Å². The van der Waals surface area contributed by atoms with Crippen LogP contribution in [0.2, 0.25) is 0 Å². The van der Waals surface area contributed by atoms with Gasteiger partial charge in [0.1, 0.15) is 6.04 Å². The SMILES string of the molecule is [NH3+][C@H](CC(=O)[O-])c1ccccc1Br. The summed E-state index contributed by atoms with van der Waals surface area (Å²) in [5.41, 5.74) is 4.65.